The fourth-order valence-corrected chi connectivity index (χ4v) is 3.53. The summed E-state index contributed by atoms with van der Waals surface area (Å²) < 4.78 is 43.0. The predicted molar refractivity (Wildman–Crippen MR) is 118 cm³/mol. The smallest absolute Gasteiger partial charge is 0.257 e. The number of carbonyl (C=O) groups is 1. The highest BCUT2D eigenvalue weighted by atomic mass is 19.1. The van der Waals surface area contributed by atoms with E-state index in [0.29, 0.717) is 28.3 Å². The van der Waals surface area contributed by atoms with Crippen LogP contribution in [0, 0.1) is 11.8 Å². The van der Waals surface area contributed by atoms with E-state index in [9.17, 15) is 18.0 Å². The van der Waals surface area contributed by atoms with Gasteiger partial charge in [-0.05, 0) is 42.5 Å². The first-order chi connectivity index (χ1) is 16.5. The standard InChI is InChI=1S/C23H16F3N7O/c24-8-10-32-13-28-21(14-1-3-16(25)4-2-14)22(32)17-5-6-20-29-19(12-33(20)31-17)30-23(34)15-7-9-27-18(26)11-15/h1-7,9,11-13H,8,10H2,(H,30,34). The normalized spacial score (nSPS) is 11.1. The van der Waals surface area contributed by atoms with E-state index in [1.54, 1.807) is 28.8 Å². The molecule has 34 heavy (non-hydrogen) atoms. The molecule has 4 aromatic heterocycles. The van der Waals surface area contributed by atoms with Gasteiger partial charge in [0.15, 0.2) is 11.5 Å². The lowest BCUT2D eigenvalue weighted by molar-refractivity contribution is 0.102. The third-order valence-corrected chi connectivity index (χ3v) is 5.07. The van der Waals surface area contributed by atoms with Crippen molar-refractivity contribution in [3.05, 3.63) is 84.6 Å². The van der Waals surface area contributed by atoms with Gasteiger partial charge in [-0.2, -0.15) is 9.49 Å². The largest absolute Gasteiger partial charge is 0.326 e. The number of nitrogens with one attached hydrogen (secondary N) is 1. The van der Waals surface area contributed by atoms with E-state index >= 15 is 0 Å². The van der Waals surface area contributed by atoms with Crippen LogP contribution in [0.4, 0.5) is 19.0 Å². The Morgan fingerprint density at radius 1 is 1.03 bits per heavy atom. The topological polar surface area (TPSA) is 90.0 Å². The van der Waals surface area contributed by atoms with Crippen LogP contribution in [-0.4, -0.2) is 41.7 Å². The van der Waals surface area contributed by atoms with Crippen molar-refractivity contribution < 1.29 is 18.0 Å². The Hall–Kier alpha value is -4.54. The highest BCUT2D eigenvalue weighted by Crippen LogP contribution is 2.30. The third-order valence-electron chi connectivity index (χ3n) is 5.07. The van der Waals surface area contributed by atoms with Gasteiger partial charge < -0.3 is 9.88 Å². The molecule has 170 valence electrons. The number of nitrogens with zero attached hydrogens (tertiary/aromatic N) is 6. The molecule has 0 saturated carbocycles. The highest BCUT2D eigenvalue weighted by Gasteiger charge is 2.18. The van der Waals surface area contributed by atoms with Gasteiger partial charge in [-0.1, -0.05) is 0 Å². The molecular formula is C23H16F3N7O. The SMILES string of the molecule is O=C(Nc1cn2nc(-c3c(-c4ccc(F)cc4)ncn3CCF)ccc2n1)c1ccnc(F)c1. The fourth-order valence-electron chi connectivity index (χ4n) is 3.53. The van der Waals surface area contributed by atoms with Crippen molar-refractivity contribution >= 4 is 17.4 Å². The summed E-state index contributed by atoms with van der Waals surface area (Å²) in [5.41, 5.74) is 2.74. The molecular weight excluding hydrogens is 447 g/mol. The lowest BCUT2D eigenvalue weighted by atomic mass is 10.1. The number of fused-ring (bicyclic) bond motifs is 1. The fraction of sp³-hybridized carbons (Fsp3) is 0.0870. The van der Waals surface area contributed by atoms with Crippen LogP contribution in [0.2, 0.25) is 0 Å². The summed E-state index contributed by atoms with van der Waals surface area (Å²) in [6.07, 6.45) is 4.20. The van der Waals surface area contributed by atoms with Crippen molar-refractivity contribution in [2.24, 2.45) is 0 Å². The number of alkyl halides is 1. The number of pyridine rings is 1. The van der Waals surface area contributed by atoms with Crippen LogP contribution in [-0.2, 0) is 6.54 Å². The first-order valence-electron chi connectivity index (χ1n) is 10.2. The van der Waals surface area contributed by atoms with Crippen molar-refractivity contribution in [3.8, 4) is 22.6 Å². The van der Waals surface area contributed by atoms with Crippen molar-refractivity contribution in [2.45, 2.75) is 6.54 Å². The molecule has 11 heteroatoms. The summed E-state index contributed by atoms with van der Waals surface area (Å²) in [6.45, 7) is -0.539. The molecule has 0 fully saturated rings. The van der Waals surface area contributed by atoms with E-state index in [2.05, 4.69) is 25.4 Å². The number of aromatic nitrogens is 6. The number of amides is 1. The molecule has 8 nitrogen and oxygen atoms in total. The Morgan fingerprint density at radius 2 is 1.85 bits per heavy atom. The molecule has 0 aliphatic rings. The van der Waals surface area contributed by atoms with Gasteiger partial charge in [0.2, 0.25) is 5.95 Å². The van der Waals surface area contributed by atoms with Gasteiger partial charge >= 0.3 is 0 Å². The number of benzene rings is 1. The van der Waals surface area contributed by atoms with E-state index in [-0.39, 0.29) is 23.7 Å². The van der Waals surface area contributed by atoms with Crippen LogP contribution < -0.4 is 5.32 Å². The molecule has 1 amide bonds. The van der Waals surface area contributed by atoms with Crippen molar-refractivity contribution in [1.29, 1.82) is 0 Å². The van der Waals surface area contributed by atoms with E-state index in [0.717, 1.165) is 6.07 Å². The monoisotopic (exact) mass is 463 g/mol. The molecule has 5 aromatic rings. The second-order valence-corrected chi connectivity index (χ2v) is 7.30. The number of hydrogen-bond donors (Lipinski definition) is 1. The lowest BCUT2D eigenvalue weighted by Gasteiger charge is -2.09. The van der Waals surface area contributed by atoms with Crippen molar-refractivity contribution in [3.63, 3.8) is 0 Å². The summed E-state index contributed by atoms with van der Waals surface area (Å²) in [5.74, 6) is -1.49. The number of rotatable bonds is 6. The summed E-state index contributed by atoms with van der Waals surface area (Å²) in [6, 6.07) is 11.6. The average Bonchev–Trinajstić information content (AvgIpc) is 3.43. The van der Waals surface area contributed by atoms with Gasteiger partial charge in [-0.3, -0.25) is 4.79 Å². The Labute approximate surface area is 190 Å². The van der Waals surface area contributed by atoms with Crippen molar-refractivity contribution in [2.75, 3.05) is 12.0 Å². The number of anilines is 1. The zero-order valence-corrected chi connectivity index (χ0v) is 17.5. The van der Waals surface area contributed by atoms with Crippen LogP contribution in [0.3, 0.4) is 0 Å². The highest BCUT2D eigenvalue weighted by molar-refractivity contribution is 6.03. The summed E-state index contributed by atoms with van der Waals surface area (Å²) in [5, 5.41) is 7.15. The minimum absolute atomic E-state index is 0.0664. The predicted octanol–water partition coefficient (Wildman–Crippen LogP) is 4.15. The summed E-state index contributed by atoms with van der Waals surface area (Å²) in [4.78, 5) is 24.5. The van der Waals surface area contributed by atoms with E-state index in [1.807, 2.05) is 0 Å². The second kappa shape index (κ2) is 8.77. The van der Waals surface area contributed by atoms with Gasteiger partial charge in [0.05, 0.1) is 30.5 Å². The molecule has 0 bridgehead atoms. The molecule has 0 radical (unpaired) electrons. The van der Waals surface area contributed by atoms with Gasteiger partial charge in [0.25, 0.3) is 5.91 Å². The Morgan fingerprint density at radius 3 is 2.62 bits per heavy atom. The van der Waals surface area contributed by atoms with E-state index < -0.39 is 18.5 Å². The number of imidazole rings is 2. The maximum Gasteiger partial charge on any atom is 0.257 e. The van der Waals surface area contributed by atoms with Crippen LogP contribution in [0.15, 0.2) is 67.3 Å². The first-order valence-corrected chi connectivity index (χ1v) is 10.2. The zero-order chi connectivity index (χ0) is 23.7. The Balaban J connectivity index is 1.51. The molecule has 0 aliphatic carbocycles. The third kappa shape index (κ3) is 4.10. The van der Waals surface area contributed by atoms with Crippen LogP contribution >= 0.6 is 0 Å². The van der Waals surface area contributed by atoms with Crippen LogP contribution in [0.25, 0.3) is 28.3 Å². The van der Waals surface area contributed by atoms with Gasteiger partial charge in [-0.25, -0.2) is 28.2 Å². The van der Waals surface area contributed by atoms with Crippen molar-refractivity contribution in [1.82, 2.24) is 29.1 Å². The maximum absolute atomic E-state index is 13.4. The quantitative estimate of drug-likeness (QED) is 0.382. The number of aryl methyl sites for hydroxylation is 1. The van der Waals surface area contributed by atoms with Crippen LogP contribution in [0.1, 0.15) is 10.4 Å². The molecule has 1 aromatic carbocycles. The second-order valence-electron chi connectivity index (χ2n) is 7.30. The minimum Gasteiger partial charge on any atom is -0.326 e. The number of halogens is 3. The molecule has 4 heterocycles. The molecule has 1 N–H and O–H groups in total. The van der Waals surface area contributed by atoms with Crippen LogP contribution in [0.5, 0.6) is 0 Å². The number of carbonyl (C=O) groups excluding carboxylic acids is 1. The van der Waals surface area contributed by atoms with Gasteiger partial charge in [0.1, 0.15) is 18.2 Å². The number of hydrogen-bond acceptors (Lipinski definition) is 5. The maximum atomic E-state index is 13.4. The Bertz CT molecular complexity index is 1490. The summed E-state index contributed by atoms with van der Waals surface area (Å²) >= 11 is 0. The zero-order valence-electron chi connectivity index (χ0n) is 17.5. The lowest BCUT2D eigenvalue weighted by Crippen LogP contribution is -2.12. The summed E-state index contributed by atoms with van der Waals surface area (Å²) in [7, 11) is 0. The first kappa shape index (κ1) is 21.3. The molecule has 0 aliphatic heterocycles. The molecule has 0 spiro atoms. The molecule has 0 unspecified atom stereocenters. The van der Waals surface area contributed by atoms with Gasteiger partial charge in [0, 0.05) is 23.4 Å². The minimum atomic E-state index is -0.768. The van der Waals surface area contributed by atoms with Gasteiger partial charge in [-0.15, -0.1) is 0 Å². The average molecular weight is 463 g/mol. The molecule has 0 saturated heterocycles. The van der Waals surface area contributed by atoms with E-state index in [1.165, 1.54) is 41.4 Å². The Kier molecular flexibility index (Phi) is 5.50. The molecule has 5 rings (SSSR count). The molecule has 0 atom stereocenters. The van der Waals surface area contributed by atoms with E-state index in [4.69, 9.17) is 0 Å².